The Kier molecular flexibility index (Phi) is 5.28. The van der Waals surface area contributed by atoms with E-state index >= 15 is 0 Å². The molecular formula is C23H31O3P. The van der Waals surface area contributed by atoms with Crippen molar-refractivity contribution < 1.29 is 14.7 Å². The Morgan fingerprint density at radius 2 is 2.11 bits per heavy atom. The molecule has 1 aromatic carbocycles. The van der Waals surface area contributed by atoms with Crippen molar-refractivity contribution in [2.45, 2.75) is 69.8 Å². The Bertz CT molecular complexity index is 767. The second-order valence-corrected chi connectivity index (χ2v) is 9.26. The molecule has 2 fully saturated rings. The van der Waals surface area contributed by atoms with Crippen molar-refractivity contribution in [2.75, 3.05) is 6.61 Å². The molecule has 27 heavy (non-hydrogen) atoms. The first-order valence-corrected chi connectivity index (χ1v) is 10.8. The van der Waals surface area contributed by atoms with E-state index in [0.29, 0.717) is 30.1 Å². The first kappa shape index (κ1) is 19.3. The second kappa shape index (κ2) is 7.40. The van der Waals surface area contributed by atoms with Gasteiger partial charge in [-0.15, -0.1) is 5.92 Å². The van der Waals surface area contributed by atoms with Crippen LogP contribution in [-0.4, -0.2) is 22.4 Å². The van der Waals surface area contributed by atoms with E-state index in [1.165, 1.54) is 11.1 Å². The lowest BCUT2D eigenvalue weighted by atomic mass is 9.53. The monoisotopic (exact) mass is 386 g/mol. The van der Waals surface area contributed by atoms with E-state index in [2.05, 4.69) is 34.3 Å². The van der Waals surface area contributed by atoms with Crippen LogP contribution in [-0.2, 0) is 10.9 Å². The number of aliphatic hydroxyl groups is 1. The molecule has 1 unspecified atom stereocenters. The SMILES string of the molecule is C[C@]12CC[C@@H]3c4ccc(O)cc4CC[C@H]3[C@@H]1CC[C@@]2(O)C#CCCCOP. The van der Waals surface area contributed by atoms with Crippen molar-refractivity contribution in [2.24, 2.45) is 17.3 Å². The summed E-state index contributed by atoms with van der Waals surface area (Å²) in [6, 6.07) is 5.93. The zero-order chi connectivity index (χ0) is 19.1. The third-order valence-electron chi connectivity index (χ3n) is 7.72. The van der Waals surface area contributed by atoms with Crippen LogP contribution in [0.5, 0.6) is 5.75 Å². The molecule has 6 atom stereocenters. The third kappa shape index (κ3) is 3.21. The minimum absolute atomic E-state index is 0.104. The smallest absolute Gasteiger partial charge is 0.131 e. The lowest BCUT2D eigenvalue weighted by Crippen LogP contribution is -2.50. The van der Waals surface area contributed by atoms with Crippen LogP contribution in [0.25, 0.3) is 0 Å². The summed E-state index contributed by atoms with van der Waals surface area (Å²) in [5.41, 5.74) is 1.81. The van der Waals surface area contributed by atoms with Crippen molar-refractivity contribution in [3.05, 3.63) is 29.3 Å². The van der Waals surface area contributed by atoms with Gasteiger partial charge in [0.05, 0.1) is 6.61 Å². The Balaban J connectivity index is 1.55. The Labute approximate surface area is 165 Å². The number of phenols is 1. The van der Waals surface area contributed by atoms with E-state index in [-0.39, 0.29) is 5.41 Å². The Morgan fingerprint density at radius 1 is 1.26 bits per heavy atom. The van der Waals surface area contributed by atoms with Crippen molar-refractivity contribution >= 4 is 9.47 Å². The first-order chi connectivity index (χ1) is 13.0. The number of fused-ring (bicyclic) bond motifs is 5. The minimum atomic E-state index is -0.848. The molecule has 1 aromatic rings. The van der Waals surface area contributed by atoms with Gasteiger partial charge in [0.15, 0.2) is 0 Å². The first-order valence-electron chi connectivity index (χ1n) is 10.3. The van der Waals surface area contributed by atoms with Crippen LogP contribution in [0.4, 0.5) is 0 Å². The third-order valence-corrected chi connectivity index (χ3v) is 7.96. The molecular weight excluding hydrogens is 355 g/mol. The molecule has 0 saturated heterocycles. The number of benzene rings is 1. The van der Waals surface area contributed by atoms with E-state index in [9.17, 15) is 10.2 Å². The molecule has 0 heterocycles. The summed E-state index contributed by atoms with van der Waals surface area (Å²) in [6.07, 6.45) is 7.89. The van der Waals surface area contributed by atoms with E-state index in [0.717, 1.165) is 51.4 Å². The Morgan fingerprint density at radius 3 is 2.93 bits per heavy atom. The molecule has 0 spiro atoms. The molecule has 4 rings (SSSR count). The van der Waals surface area contributed by atoms with Crippen molar-refractivity contribution in [1.82, 2.24) is 0 Å². The van der Waals surface area contributed by atoms with Gasteiger partial charge >= 0.3 is 0 Å². The number of phenolic OH excluding ortho intramolecular Hbond substituents is 1. The Hall–Kier alpha value is -1.07. The van der Waals surface area contributed by atoms with E-state index in [1.54, 1.807) is 0 Å². The quantitative estimate of drug-likeness (QED) is 0.455. The molecule has 0 aliphatic heterocycles. The minimum Gasteiger partial charge on any atom is -0.508 e. The number of hydrogen-bond donors (Lipinski definition) is 2. The van der Waals surface area contributed by atoms with E-state index in [1.807, 2.05) is 12.1 Å². The molecule has 0 bridgehead atoms. The number of hydrogen-bond acceptors (Lipinski definition) is 3. The molecule has 0 aromatic heterocycles. The maximum absolute atomic E-state index is 11.5. The fourth-order valence-electron chi connectivity index (χ4n) is 6.24. The molecule has 0 radical (unpaired) electrons. The largest absolute Gasteiger partial charge is 0.508 e. The zero-order valence-corrected chi connectivity index (χ0v) is 17.4. The predicted molar refractivity (Wildman–Crippen MR) is 110 cm³/mol. The summed E-state index contributed by atoms with van der Waals surface area (Å²) in [4.78, 5) is 0. The maximum atomic E-state index is 11.5. The number of aromatic hydroxyl groups is 1. The summed E-state index contributed by atoms with van der Waals surface area (Å²) >= 11 is 0. The van der Waals surface area contributed by atoms with Crippen LogP contribution in [0.1, 0.15) is 68.9 Å². The molecule has 4 heteroatoms. The van der Waals surface area contributed by atoms with Crippen LogP contribution < -0.4 is 0 Å². The average Bonchev–Trinajstić information content (AvgIpc) is 2.92. The molecule has 146 valence electrons. The average molecular weight is 386 g/mol. The zero-order valence-electron chi connectivity index (χ0n) is 16.2. The molecule has 2 N–H and O–H groups in total. The van der Waals surface area contributed by atoms with Gasteiger partial charge in [-0.05, 0) is 86.0 Å². The molecule has 2 saturated carbocycles. The van der Waals surface area contributed by atoms with E-state index < -0.39 is 5.60 Å². The summed E-state index contributed by atoms with van der Waals surface area (Å²) in [5.74, 6) is 8.64. The van der Waals surface area contributed by atoms with E-state index in [4.69, 9.17) is 4.52 Å². The molecule has 3 aliphatic carbocycles. The predicted octanol–water partition coefficient (Wildman–Crippen LogP) is 4.57. The fourth-order valence-corrected chi connectivity index (χ4v) is 6.41. The lowest BCUT2D eigenvalue weighted by molar-refractivity contribution is -0.0648. The molecule has 3 aliphatic rings. The number of rotatable bonds is 3. The van der Waals surface area contributed by atoms with Gasteiger partial charge in [0.2, 0.25) is 0 Å². The van der Waals surface area contributed by atoms with Gasteiger partial charge in [0, 0.05) is 21.3 Å². The summed E-state index contributed by atoms with van der Waals surface area (Å²) in [6.45, 7) is 2.98. The van der Waals surface area contributed by atoms with Gasteiger partial charge in [-0.2, -0.15) is 0 Å². The highest BCUT2D eigenvalue weighted by atomic mass is 31.0. The number of aryl methyl sites for hydroxylation is 1. The van der Waals surface area contributed by atoms with Crippen molar-refractivity contribution in [3.8, 4) is 17.6 Å². The van der Waals surface area contributed by atoms with Crippen LogP contribution in [0.15, 0.2) is 18.2 Å². The van der Waals surface area contributed by atoms with Gasteiger partial charge in [-0.1, -0.05) is 18.9 Å². The topological polar surface area (TPSA) is 49.7 Å². The van der Waals surface area contributed by atoms with Crippen molar-refractivity contribution in [1.29, 1.82) is 0 Å². The number of unbranched alkanes of at least 4 members (excludes halogenated alkanes) is 1. The normalized spacial score (nSPS) is 36.9. The highest BCUT2D eigenvalue weighted by molar-refractivity contribution is 7.09. The standard InChI is InChI=1S/C23H31O3P/c1-22-12-9-19-18-8-6-17(24)15-16(18)5-7-20(19)21(22)10-13-23(22,25)11-3-2-4-14-26-27/h6,8,15,19-21,24-25H,2,4-5,7,9-10,12-14,27H2,1H3/t19-,20-,21+,22+,23+/m1/s1. The van der Waals surface area contributed by atoms with Gasteiger partial charge in [0.1, 0.15) is 11.4 Å². The van der Waals surface area contributed by atoms with Gasteiger partial charge in [0.25, 0.3) is 0 Å². The van der Waals surface area contributed by atoms with Crippen LogP contribution >= 0.6 is 9.47 Å². The van der Waals surface area contributed by atoms with Crippen LogP contribution in [0.2, 0.25) is 0 Å². The molecule has 3 nitrogen and oxygen atoms in total. The van der Waals surface area contributed by atoms with Crippen LogP contribution in [0.3, 0.4) is 0 Å². The van der Waals surface area contributed by atoms with Gasteiger partial charge < -0.3 is 14.7 Å². The molecule has 0 amide bonds. The lowest BCUT2D eigenvalue weighted by Gasteiger charge is -2.52. The highest BCUT2D eigenvalue weighted by Crippen LogP contribution is 2.64. The van der Waals surface area contributed by atoms with Crippen molar-refractivity contribution in [3.63, 3.8) is 0 Å². The summed E-state index contributed by atoms with van der Waals surface area (Å²) in [5, 5.41) is 21.3. The second-order valence-electron chi connectivity index (χ2n) is 8.93. The maximum Gasteiger partial charge on any atom is 0.131 e. The summed E-state index contributed by atoms with van der Waals surface area (Å²) in [7, 11) is 2.27. The fraction of sp³-hybridized carbons (Fsp3) is 0.652. The van der Waals surface area contributed by atoms with Gasteiger partial charge in [-0.3, -0.25) is 0 Å². The highest BCUT2D eigenvalue weighted by Gasteiger charge is 2.61. The van der Waals surface area contributed by atoms with Gasteiger partial charge in [-0.25, -0.2) is 0 Å². The summed E-state index contributed by atoms with van der Waals surface area (Å²) < 4.78 is 5.01. The van der Waals surface area contributed by atoms with Crippen LogP contribution in [0, 0.1) is 29.1 Å².